The van der Waals surface area contributed by atoms with Crippen LogP contribution in [0, 0.1) is 0 Å². The molecule has 96 valence electrons. The molecule has 0 aliphatic rings. The van der Waals surface area contributed by atoms with E-state index in [1.807, 2.05) is 0 Å². The quantitative estimate of drug-likeness (QED) is 0.697. The molecule has 0 fully saturated rings. The molecular formula is C8H10F3N3O3. The molecule has 0 aliphatic carbocycles. The summed E-state index contributed by atoms with van der Waals surface area (Å²) >= 11 is 0. The Labute approximate surface area is 93.4 Å². The SMILES string of the molecule is Cn1nc(C(F)(F)F)cc1C(O)C(N)C(=O)O. The smallest absolute Gasteiger partial charge is 0.435 e. The molecule has 2 atom stereocenters. The zero-order valence-electron chi connectivity index (χ0n) is 8.64. The highest BCUT2D eigenvalue weighted by Crippen LogP contribution is 2.30. The van der Waals surface area contributed by atoms with Crippen LogP contribution in [0.5, 0.6) is 0 Å². The molecule has 0 spiro atoms. The lowest BCUT2D eigenvalue weighted by molar-refractivity contribution is -0.142. The van der Waals surface area contributed by atoms with Crippen molar-refractivity contribution in [2.45, 2.75) is 18.3 Å². The van der Waals surface area contributed by atoms with Gasteiger partial charge in [0.15, 0.2) is 5.69 Å². The molecule has 0 radical (unpaired) electrons. The van der Waals surface area contributed by atoms with E-state index in [2.05, 4.69) is 5.10 Å². The first kappa shape index (κ1) is 13.5. The third-order valence-corrected chi connectivity index (χ3v) is 2.13. The van der Waals surface area contributed by atoms with E-state index < -0.39 is 30.0 Å². The maximum atomic E-state index is 12.3. The van der Waals surface area contributed by atoms with Crippen molar-refractivity contribution < 1.29 is 28.2 Å². The number of nitrogens with two attached hydrogens (primary N) is 1. The van der Waals surface area contributed by atoms with Crippen LogP contribution in [0.4, 0.5) is 13.2 Å². The number of aromatic nitrogens is 2. The predicted molar refractivity (Wildman–Crippen MR) is 48.8 cm³/mol. The zero-order valence-corrected chi connectivity index (χ0v) is 8.64. The van der Waals surface area contributed by atoms with Crippen LogP contribution in [0.3, 0.4) is 0 Å². The van der Waals surface area contributed by atoms with Gasteiger partial charge in [-0.1, -0.05) is 0 Å². The van der Waals surface area contributed by atoms with E-state index in [1.165, 1.54) is 0 Å². The fourth-order valence-corrected chi connectivity index (χ4v) is 1.22. The third-order valence-electron chi connectivity index (χ3n) is 2.13. The molecule has 0 saturated carbocycles. The minimum absolute atomic E-state index is 0.313. The Morgan fingerprint density at radius 2 is 2.12 bits per heavy atom. The number of carboxylic acid groups (broad SMARTS) is 1. The maximum Gasteiger partial charge on any atom is 0.435 e. The summed E-state index contributed by atoms with van der Waals surface area (Å²) in [6.07, 6.45) is -6.43. The average Bonchev–Trinajstić information content (AvgIpc) is 2.57. The number of aliphatic carboxylic acids is 1. The predicted octanol–water partition coefficient (Wildman–Crippen LogP) is -0.116. The van der Waals surface area contributed by atoms with Crippen molar-refractivity contribution in [1.82, 2.24) is 9.78 Å². The number of alkyl halides is 3. The van der Waals surface area contributed by atoms with Crippen LogP contribution in [0.1, 0.15) is 17.5 Å². The van der Waals surface area contributed by atoms with Gasteiger partial charge >= 0.3 is 12.1 Å². The summed E-state index contributed by atoms with van der Waals surface area (Å²) < 4.78 is 37.6. The van der Waals surface area contributed by atoms with E-state index in [0.717, 1.165) is 11.7 Å². The van der Waals surface area contributed by atoms with Gasteiger partial charge in [-0.3, -0.25) is 9.48 Å². The monoisotopic (exact) mass is 253 g/mol. The number of carbonyl (C=O) groups is 1. The van der Waals surface area contributed by atoms with Gasteiger partial charge in [0.05, 0.1) is 5.69 Å². The van der Waals surface area contributed by atoms with Gasteiger partial charge in [-0.25, -0.2) is 0 Å². The first-order chi connectivity index (χ1) is 7.64. The highest BCUT2D eigenvalue weighted by Gasteiger charge is 2.36. The van der Waals surface area contributed by atoms with E-state index >= 15 is 0 Å². The average molecular weight is 253 g/mol. The highest BCUT2D eigenvalue weighted by molar-refractivity contribution is 5.74. The van der Waals surface area contributed by atoms with Crippen LogP contribution in [0.25, 0.3) is 0 Å². The van der Waals surface area contributed by atoms with Gasteiger partial charge in [0, 0.05) is 7.05 Å². The summed E-state index contributed by atoms with van der Waals surface area (Å²) in [5.41, 5.74) is 3.58. The van der Waals surface area contributed by atoms with Gasteiger partial charge in [-0.05, 0) is 6.07 Å². The van der Waals surface area contributed by atoms with Crippen molar-refractivity contribution in [3.63, 3.8) is 0 Å². The number of carboxylic acids is 1. The van der Waals surface area contributed by atoms with Crippen LogP contribution in [0.2, 0.25) is 0 Å². The normalized spacial score (nSPS) is 15.6. The molecule has 1 rings (SSSR count). The van der Waals surface area contributed by atoms with Gasteiger partial charge < -0.3 is 15.9 Å². The van der Waals surface area contributed by atoms with Crippen molar-refractivity contribution in [2.75, 3.05) is 0 Å². The van der Waals surface area contributed by atoms with Crippen LogP contribution < -0.4 is 5.73 Å². The molecule has 1 aromatic rings. The minimum Gasteiger partial charge on any atom is -0.480 e. The number of nitrogens with zero attached hydrogens (tertiary/aromatic N) is 2. The summed E-state index contributed by atoms with van der Waals surface area (Å²) in [4.78, 5) is 10.5. The van der Waals surface area contributed by atoms with Crippen molar-refractivity contribution in [3.8, 4) is 0 Å². The second kappa shape index (κ2) is 4.34. The lowest BCUT2D eigenvalue weighted by Gasteiger charge is -2.14. The Hall–Kier alpha value is -1.61. The van der Waals surface area contributed by atoms with E-state index in [4.69, 9.17) is 10.8 Å². The highest BCUT2D eigenvalue weighted by atomic mass is 19.4. The Kier molecular flexibility index (Phi) is 3.43. The van der Waals surface area contributed by atoms with Gasteiger partial charge in [0.25, 0.3) is 0 Å². The van der Waals surface area contributed by atoms with Gasteiger partial charge in [0.2, 0.25) is 0 Å². The largest absolute Gasteiger partial charge is 0.480 e. The summed E-state index contributed by atoms with van der Waals surface area (Å²) in [5.74, 6) is -1.52. The topological polar surface area (TPSA) is 101 Å². The fraction of sp³-hybridized carbons (Fsp3) is 0.500. The number of hydrogen-bond acceptors (Lipinski definition) is 4. The van der Waals surface area contributed by atoms with E-state index in [1.54, 1.807) is 0 Å². The molecule has 0 aliphatic heterocycles. The van der Waals surface area contributed by atoms with Crippen molar-refractivity contribution in [2.24, 2.45) is 12.8 Å². The van der Waals surface area contributed by atoms with E-state index in [9.17, 15) is 23.1 Å². The molecular weight excluding hydrogens is 243 g/mol. The summed E-state index contributed by atoms with van der Waals surface area (Å²) in [7, 11) is 1.16. The van der Waals surface area contributed by atoms with Crippen LogP contribution in [-0.4, -0.2) is 32.0 Å². The Morgan fingerprint density at radius 3 is 2.47 bits per heavy atom. The Balaban J connectivity index is 3.07. The molecule has 1 aromatic heterocycles. The van der Waals surface area contributed by atoms with E-state index in [-0.39, 0.29) is 5.69 Å². The Morgan fingerprint density at radius 1 is 1.59 bits per heavy atom. The number of hydrogen-bond donors (Lipinski definition) is 3. The first-order valence-electron chi connectivity index (χ1n) is 4.42. The lowest BCUT2D eigenvalue weighted by Crippen LogP contribution is -2.37. The minimum atomic E-state index is -4.66. The fourth-order valence-electron chi connectivity index (χ4n) is 1.22. The van der Waals surface area contributed by atoms with E-state index in [0.29, 0.717) is 6.07 Å². The molecule has 17 heavy (non-hydrogen) atoms. The second-order valence-electron chi connectivity index (χ2n) is 3.38. The van der Waals surface area contributed by atoms with Crippen molar-refractivity contribution >= 4 is 5.97 Å². The van der Waals surface area contributed by atoms with Crippen molar-refractivity contribution in [1.29, 1.82) is 0 Å². The van der Waals surface area contributed by atoms with Crippen molar-refractivity contribution in [3.05, 3.63) is 17.5 Å². The Bertz CT molecular complexity index is 429. The lowest BCUT2D eigenvalue weighted by atomic mass is 10.1. The summed E-state index contributed by atoms with van der Waals surface area (Å²) in [6, 6.07) is -1.15. The first-order valence-corrected chi connectivity index (χ1v) is 4.42. The van der Waals surface area contributed by atoms with Gasteiger partial charge in [-0.2, -0.15) is 18.3 Å². The molecule has 4 N–H and O–H groups in total. The third kappa shape index (κ3) is 2.74. The molecule has 0 bridgehead atoms. The molecule has 0 saturated heterocycles. The number of aryl methyl sites for hydroxylation is 1. The maximum absolute atomic E-state index is 12.3. The van der Waals surface area contributed by atoms with Crippen LogP contribution >= 0.6 is 0 Å². The second-order valence-corrected chi connectivity index (χ2v) is 3.38. The van der Waals surface area contributed by atoms with Gasteiger partial charge in [0.1, 0.15) is 12.1 Å². The zero-order chi connectivity index (χ0) is 13.4. The molecule has 0 amide bonds. The number of rotatable bonds is 3. The summed E-state index contributed by atoms with van der Waals surface area (Å²) in [6.45, 7) is 0. The standard InChI is InChI=1S/C8H10F3N3O3/c1-14-3(6(15)5(12)7(16)17)2-4(13-14)8(9,10)11/h2,5-6,15H,12H2,1H3,(H,16,17). The molecule has 6 nitrogen and oxygen atoms in total. The molecule has 2 unspecified atom stereocenters. The molecule has 1 heterocycles. The van der Waals surface area contributed by atoms with Crippen LogP contribution in [-0.2, 0) is 18.0 Å². The summed E-state index contributed by atoms with van der Waals surface area (Å²) in [5, 5.41) is 21.1. The number of aliphatic hydroxyl groups is 1. The van der Waals surface area contributed by atoms with Gasteiger partial charge in [-0.15, -0.1) is 0 Å². The number of aliphatic hydroxyl groups excluding tert-OH is 1. The molecule has 0 aromatic carbocycles. The number of halogens is 3. The van der Waals surface area contributed by atoms with Crippen LogP contribution in [0.15, 0.2) is 6.07 Å². The molecule has 9 heteroatoms.